The van der Waals surface area contributed by atoms with Gasteiger partial charge in [0.1, 0.15) is 5.69 Å². The highest BCUT2D eigenvalue weighted by Crippen LogP contribution is 2.23. The molecule has 122 valence electrons. The van der Waals surface area contributed by atoms with E-state index in [4.69, 9.17) is 0 Å². The van der Waals surface area contributed by atoms with E-state index < -0.39 is 0 Å². The Kier molecular flexibility index (Phi) is 4.41. The minimum atomic E-state index is 0.336. The molecule has 3 heterocycles. The highest BCUT2D eigenvalue weighted by molar-refractivity contribution is 5.63. The lowest BCUT2D eigenvalue weighted by Crippen LogP contribution is -2.26. The average Bonchev–Trinajstić information content (AvgIpc) is 2.85. The minimum Gasteiger partial charge on any atom is -0.340 e. The summed E-state index contributed by atoms with van der Waals surface area (Å²) in [7, 11) is 0. The van der Waals surface area contributed by atoms with Crippen molar-refractivity contribution in [3.8, 4) is 0 Å². The summed E-state index contributed by atoms with van der Waals surface area (Å²) in [4.78, 5) is 11.4. The zero-order valence-electron chi connectivity index (χ0n) is 14.3. The molecule has 0 bridgehead atoms. The minimum absolute atomic E-state index is 0.336. The van der Waals surface area contributed by atoms with E-state index in [1.165, 1.54) is 5.57 Å². The van der Waals surface area contributed by atoms with Crippen molar-refractivity contribution in [3.05, 3.63) is 35.4 Å². The van der Waals surface area contributed by atoms with Crippen LogP contribution in [0.15, 0.2) is 18.3 Å². The maximum atomic E-state index is 4.58. The zero-order valence-corrected chi connectivity index (χ0v) is 14.3. The molecule has 23 heavy (non-hydrogen) atoms. The number of nitrogens with zero attached hydrogens (tertiary/aromatic N) is 6. The van der Waals surface area contributed by atoms with Crippen LogP contribution in [-0.2, 0) is 0 Å². The Balaban J connectivity index is 1.74. The number of hydrogen-bond donors (Lipinski definition) is 0. The second-order valence-electron chi connectivity index (χ2n) is 6.38. The van der Waals surface area contributed by atoms with Gasteiger partial charge in [-0.1, -0.05) is 11.3 Å². The summed E-state index contributed by atoms with van der Waals surface area (Å²) < 4.78 is 1.91. The molecule has 0 N–H and O–H groups in total. The molecule has 0 amide bonds. The summed E-state index contributed by atoms with van der Waals surface area (Å²) in [6, 6.07) is 2.35. The largest absolute Gasteiger partial charge is 0.340 e. The van der Waals surface area contributed by atoms with Gasteiger partial charge in [0.25, 0.3) is 0 Å². The first-order valence-electron chi connectivity index (χ1n) is 8.21. The maximum Gasteiger partial charge on any atom is 0.225 e. The summed E-state index contributed by atoms with van der Waals surface area (Å²) in [5, 5.41) is 8.53. The predicted octanol–water partition coefficient (Wildman–Crippen LogP) is 2.95. The van der Waals surface area contributed by atoms with Crippen molar-refractivity contribution in [1.82, 2.24) is 25.0 Å². The molecule has 6 heteroatoms. The van der Waals surface area contributed by atoms with Crippen molar-refractivity contribution < 1.29 is 0 Å². The molecule has 0 saturated carbocycles. The molecule has 0 fully saturated rings. The van der Waals surface area contributed by atoms with E-state index in [1.54, 1.807) is 0 Å². The van der Waals surface area contributed by atoms with Gasteiger partial charge >= 0.3 is 0 Å². The van der Waals surface area contributed by atoms with E-state index in [1.807, 2.05) is 30.8 Å². The molecule has 3 rings (SSSR count). The summed E-state index contributed by atoms with van der Waals surface area (Å²) in [5.74, 6) is 0.836. The summed E-state index contributed by atoms with van der Waals surface area (Å²) in [5.41, 5.74) is 4.29. The van der Waals surface area contributed by atoms with Crippen LogP contribution in [0.5, 0.6) is 0 Å². The van der Waals surface area contributed by atoms with Gasteiger partial charge in [-0.25, -0.2) is 14.6 Å². The van der Waals surface area contributed by atoms with Crippen LogP contribution >= 0.6 is 0 Å². The van der Waals surface area contributed by atoms with E-state index in [0.717, 1.165) is 49.0 Å². The maximum absolute atomic E-state index is 4.58. The van der Waals surface area contributed by atoms with Crippen LogP contribution in [0.1, 0.15) is 49.8 Å². The lowest BCUT2D eigenvalue weighted by atomic mass is 10.1. The van der Waals surface area contributed by atoms with Gasteiger partial charge in [-0.2, -0.15) is 0 Å². The molecule has 1 aliphatic rings. The molecule has 0 atom stereocenters. The van der Waals surface area contributed by atoms with Crippen molar-refractivity contribution in [2.45, 2.75) is 46.6 Å². The number of anilines is 1. The van der Waals surface area contributed by atoms with Crippen LogP contribution in [-0.4, -0.2) is 38.1 Å². The molecule has 0 aliphatic carbocycles. The highest BCUT2D eigenvalue weighted by Gasteiger charge is 2.17. The molecular formula is C17H24N6. The first-order chi connectivity index (χ1) is 11.0. The third kappa shape index (κ3) is 3.57. The molecule has 0 radical (unpaired) electrons. The van der Waals surface area contributed by atoms with Crippen LogP contribution in [0.25, 0.3) is 5.57 Å². The molecule has 0 aromatic carbocycles. The Labute approximate surface area is 137 Å². The number of aryl methyl sites for hydroxylation is 2. The van der Waals surface area contributed by atoms with Crippen LogP contribution in [0.3, 0.4) is 0 Å². The number of aromatic nitrogens is 5. The molecule has 0 spiro atoms. The second-order valence-corrected chi connectivity index (χ2v) is 6.38. The standard InChI is InChI=1S/C17H24N6/c1-12(2)23-11-16(20-21-23)15-6-5-8-22(9-7-15)17-18-13(3)10-14(4)19-17/h6,10-12H,5,7-9H2,1-4H3. The van der Waals surface area contributed by atoms with Gasteiger partial charge < -0.3 is 4.90 Å². The fourth-order valence-electron chi connectivity index (χ4n) is 2.82. The van der Waals surface area contributed by atoms with E-state index in [9.17, 15) is 0 Å². The van der Waals surface area contributed by atoms with Crippen molar-refractivity contribution >= 4 is 11.5 Å². The molecule has 2 aromatic rings. The Hall–Kier alpha value is -2.24. The van der Waals surface area contributed by atoms with Crippen LogP contribution in [0, 0.1) is 13.8 Å². The second kappa shape index (κ2) is 6.48. The Bertz CT molecular complexity index is 695. The normalized spacial score (nSPS) is 15.7. The van der Waals surface area contributed by atoms with Gasteiger partial charge in [0, 0.05) is 30.5 Å². The van der Waals surface area contributed by atoms with Gasteiger partial charge in [-0.05, 0) is 52.2 Å². The summed E-state index contributed by atoms with van der Waals surface area (Å²) in [6.45, 7) is 10.1. The monoisotopic (exact) mass is 312 g/mol. The first-order valence-corrected chi connectivity index (χ1v) is 8.21. The highest BCUT2D eigenvalue weighted by atomic mass is 15.4. The lowest BCUT2D eigenvalue weighted by Gasteiger charge is -2.21. The summed E-state index contributed by atoms with van der Waals surface area (Å²) >= 11 is 0. The van der Waals surface area contributed by atoms with Gasteiger partial charge in [0.05, 0.1) is 6.20 Å². The molecule has 2 aromatic heterocycles. The molecule has 0 saturated heterocycles. The topological polar surface area (TPSA) is 59.7 Å². The first kappa shape index (κ1) is 15.6. The van der Waals surface area contributed by atoms with E-state index in [2.05, 4.69) is 45.1 Å². The third-order valence-electron chi connectivity index (χ3n) is 4.06. The fraction of sp³-hybridized carbons (Fsp3) is 0.529. The van der Waals surface area contributed by atoms with Crippen LogP contribution in [0.2, 0.25) is 0 Å². The third-order valence-corrected chi connectivity index (χ3v) is 4.06. The zero-order chi connectivity index (χ0) is 16.4. The van der Waals surface area contributed by atoms with E-state index in [-0.39, 0.29) is 0 Å². The van der Waals surface area contributed by atoms with Gasteiger partial charge in [-0.3, -0.25) is 0 Å². The van der Waals surface area contributed by atoms with Gasteiger partial charge in [0.2, 0.25) is 5.95 Å². The fourth-order valence-corrected chi connectivity index (χ4v) is 2.82. The lowest BCUT2D eigenvalue weighted by molar-refractivity contribution is 0.514. The van der Waals surface area contributed by atoms with Crippen LogP contribution < -0.4 is 4.90 Å². The number of hydrogen-bond acceptors (Lipinski definition) is 5. The Morgan fingerprint density at radius 3 is 2.48 bits per heavy atom. The molecule has 6 nitrogen and oxygen atoms in total. The molecular weight excluding hydrogens is 288 g/mol. The number of rotatable bonds is 3. The van der Waals surface area contributed by atoms with Crippen molar-refractivity contribution in [2.75, 3.05) is 18.0 Å². The smallest absolute Gasteiger partial charge is 0.225 e. The van der Waals surface area contributed by atoms with E-state index >= 15 is 0 Å². The average molecular weight is 312 g/mol. The van der Waals surface area contributed by atoms with Gasteiger partial charge in [0.15, 0.2) is 0 Å². The molecule has 1 aliphatic heterocycles. The predicted molar refractivity (Wildman–Crippen MR) is 91.3 cm³/mol. The van der Waals surface area contributed by atoms with Crippen molar-refractivity contribution in [1.29, 1.82) is 0 Å². The van der Waals surface area contributed by atoms with Crippen molar-refractivity contribution in [3.63, 3.8) is 0 Å². The van der Waals surface area contributed by atoms with Crippen LogP contribution in [0.4, 0.5) is 5.95 Å². The Morgan fingerprint density at radius 1 is 1.09 bits per heavy atom. The van der Waals surface area contributed by atoms with Crippen molar-refractivity contribution in [2.24, 2.45) is 0 Å². The SMILES string of the molecule is Cc1cc(C)nc(N2CCC=C(c3cn(C(C)C)nn3)CC2)n1. The summed E-state index contributed by atoms with van der Waals surface area (Å²) in [6.07, 6.45) is 6.23. The van der Waals surface area contributed by atoms with Gasteiger partial charge in [-0.15, -0.1) is 5.10 Å². The Morgan fingerprint density at radius 2 is 1.83 bits per heavy atom. The van der Waals surface area contributed by atoms with E-state index in [0.29, 0.717) is 6.04 Å². The quantitative estimate of drug-likeness (QED) is 0.872. The molecule has 0 unspecified atom stereocenters.